The fourth-order valence-electron chi connectivity index (χ4n) is 1.92. The number of rotatable bonds is 2. The van der Waals surface area contributed by atoms with Crippen molar-refractivity contribution in [2.75, 3.05) is 0 Å². The molecule has 0 atom stereocenters. The number of hydrogen-bond donors (Lipinski definition) is 1. The molecule has 2 N–H and O–H groups in total. The van der Waals surface area contributed by atoms with Gasteiger partial charge in [0.05, 0.1) is 0 Å². The van der Waals surface area contributed by atoms with E-state index in [2.05, 4.69) is 9.85 Å². The summed E-state index contributed by atoms with van der Waals surface area (Å²) in [5.74, 6) is 2.97. The number of nitrogens with two attached hydrogens (primary N) is 1. The molecule has 0 aliphatic heterocycles. The summed E-state index contributed by atoms with van der Waals surface area (Å²) in [5.41, 5.74) is 4.67. The Morgan fingerprint density at radius 2 is 2.07 bits per heavy atom. The van der Waals surface area contributed by atoms with Crippen molar-refractivity contribution in [3.63, 3.8) is 0 Å². The van der Waals surface area contributed by atoms with Crippen LogP contribution in [0.3, 0.4) is 0 Å². The third kappa shape index (κ3) is 3.37. The Kier molecular flexibility index (Phi) is 4.52. The molecule has 0 spiro atoms. The lowest BCUT2D eigenvalue weighted by atomic mass is 9.82. The van der Waals surface area contributed by atoms with Crippen LogP contribution in [0.2, 0.25) is 0 Å². The predicted molar refractivity (Wildman–Crippen MR) is 62.9 cm³/mol. The largest absolute Gasteiger partial charge is 0.442 e. The number of hydrogen-bond acceptors (Lipinski definition) is 2. The van der Waals surface area contributed by atoms with Gasteiger partial charge in [-0.05, 0) is 29.6 Å². The number of halogens is 1. The summed E-state index contributed by atoms with van der Waals surface area (Å²) in [6.07, 6.45) is 5.11. The van der Waals surface area contributed by atoms with Gasteiger partial charge in [-0.2, -0.15) is 0 Å². The first kappa shape index (κ1) is 11.6. The van der Waals surface area contributed by atoms with Gasteiger partial charge in [0.1, 0.15) is 5.60 Å². The lowest BCUT2D eigenvalue weighted by molar-refractivity contribution is -0.00800. The average Bonchev–Trinajstić information content (AvgIpc) is 2.15. The minimum absolute atomic E-state index is 0.401. The summed E-state index contributed by atoms with van der Waals surface area (Å²) in [6, 6.07) is 0. The van der Waals surface area contributed by atoms with Crippen LogP contribution in [-0.2, 0) is 4.74 Å². The lowest BCUT2D eigenvalue weighted by Crippen LogP contribution is -2.38. The van der Waals surface area contributed by atoms with Crippen molar-refractivity contribution in [2.45, 2.75) is 44.1 Å². The van der Waals surface area contributed by atoms with Crippen LogP contribution >= 0.6 is 22.6 Å². The second-order valence-corrected chi connectivity index (χ2v) is 4.15. The summed E-state index contributed by atoms with van der Waals surface area (Å²) < 4.78 is 8.01. The number of amides is 1. The average molecular weight is 307 g/mol. The van der Waals surface area contributed by atoms with Gasteiger partial charge >= 0.3 is 6.09 Å². The highest BCUT2D eigenvalue weighted by Gasteiger charge is 2.34. The zero-order chi connectivity index (χ0) is 10.4. The molecule has 14 heavy (non-hydrogen) atoms. The maximum absolute atomic E-state index is 10.8. The Bertz CT molecular complexity index is 261. The first-order chi connectivity index (χ1) is 6.68. The van der Waals surface area contributed by atoms with Gasteiger partial charge in [-0.1, -0.05) is 12.3 Å². The molecule has 0 aromatic heterocycles. The standard InChI is InChI=1S/C10H14INO2/c11-8-4-7-10(14-9(12)13)5-2-1-3-6-10/h1-3,5-7H2,(H2,12,13). The Balaban J connectivity index is 2.64. The zero-order valence-corrected chi connectivity index (χ0v) is 10.2. The van der Waals surface area contributed by atoms with Crippen molar-refractivity contribution in [3.05, 3.63) is 0 Å². The predicted octanol–water partition coefficient (Wildman–Crippen LogP) is 2.57. The minimum atomic E-state index is -0.679. The molecule has 0 saturated heterocycles. The van der Waals surface area contributed by atoms with Crippen LogP contribution in [-0.4, -0.2) is 11.7 Å². The summed E-state index contributed by atoms with van der Waals surface area (Å²) >= 11 is 1.99. The maximum Gasteiger partial charge on any atom is 0.405 e. The first-order valence-electron chi connectivity index (χ1n) is 4.75. The van der Waals surface area contributed by atoms with Crippen LogP contribution < -0.4 is 5.73 Å². The second-order valence-electron chi connectivity index (χ2n) is 3.61. The molecule has 1 amide bonds. The van der Waals surface area contributed by atoms with Gasteiger partial charge in [-0.25, -0.2) is 4.79 Å². The van der Waals surface area contributed by atoms with Gasteiger partial charge < -0.3 is 10.5 Å². The van der Waals surface area contributed by atoms with E-state index in [1.165, 1.54) is 6.42 Å². The molecule has 0 bridgehead atoms. The fourth-order valence-corrected chi connectivity index (χ4v) is 2.11. The summed E-state index contributed by atoms with van der Waals surface area (Å²) in [7, 11) is 0. The molecule has 1 rings (SSSR count). The van der Waals surface area contributed by atoms with E-state index in [0.29, 0.717) is 6.42 Å². The van der Waals surface area contributed by atoms with E-state index in [0.717, 1.165) is 25.7 Å². The molecular weight excluding hydrogens is 293 g/mol. The normalized spacial score (nSPS) is 19.2. The quantitative estimate of drug-likeness (QED) is 0.630. The first-order valence-corrected chi connectivity index (χ1v) is 5.83. The van der Waals surface area contributed by atoms with Crippen molar-refractivity contribution in [3.8, 4) is 9.85 Å². The molecule has 0 radical (unpaired) electrons. The smallest absolute Gasteiger partial charge is 0.405 e. The van der Waals surface area contributed by atoms with Crippen molar-refractivity contribution < 1.29 is 9.53 Å². The third-order valence-corrected chi connectivity index (χ3v) is 2.94. The molecule has 1 saturated carbocycles. The highest BCUT2D eigenvalue weighted by Crippen LogP contribution is 2.34. The van der Waals surface area contributed by atoms with Crippen LogP contribution in [0.1, 0.15) is 38.5 Å². The van der Waals surface area contributed by atoms with Gasteiger partial charge in [0, 0.05) is 29.0 Å². The van der Waals surface area contributed by atoms with Crippen LogP contribution in [0, 0.1) is 9.85 Å². The molecule has 1 fully saturated rings. The fraction of sp³-hybridized carbons (Fsp3) is 0.700. The number of carbonyl (C=O) groups is 1. The summed E-state index contributed by atoms with van der Waals surface area (Å²) in [4.78, 5) is 10.8. The molecular formula is C10H14INO2. The third-order valence-electron chi connectivity index (χ3n) is 2.56. The minimum Gasteiger partial charge on any atom is -0.442 e. The van der Waals surface area contributed by atoms with E-state index in [4.69, 9.17) is 10.5 Å². The van der Waals surface area contributed by atoms with Gasteiger partial charge in [-0.3, -0.25) is 0 Å². The van der Waals surface area contributed by atoms with E-state index in [1.54, 1.807) is 0 Å². The lowest BCUT2D eigenvalue weighted by Gasteiger charge is -2.34. The van der Waals surface area contributed by atoms with Crippen LogP contribution in [0.25, 0.3) is 0 Å². The van der Waals surface area contributed by atoms with Crippen molar-refractivity contribution >= 4 is 28.7 Å². The van der Waals surface area contributed by atoms with Gasteiger partial charge in [0.15, 0.2) is 0 Å². The SMILES string of the molecule is NC(=O)OC1(CC#CI)CCCCC1. The Morgan fingerprint density at radius 1 is 1.43 bits per heavy atom. The van der Waals surface area contributed by atoms with E-state index < -0.39 is 11.7 Å². The van der Waals surface area contributed by atoms with Crippen LogP contribution in [0.15, 0.2) is 0 Å². The van der Waals surface area contributed by atoms with Crippen LogP contribution in [0.5, 0.6) is 0 Å². The molecule has 0 unspecified atom stereocenters. The summed E-state index contributed by atoms with van der Waals surface area (Å²) in [5, 5.41) is 0. The van der Waals surface area contributed by atoms with Crippen molar-refractivity contribution in [2.24, 2.45) is 5.73 Å². The van der Waals surface area contributed by atoms with E-state index >= 15 is 0 Å². The highest BCUT2D eigenvalue weighted by molar-refractivity contribution is 14.1. The second kappa shape index (κ2) is 5.44. The molecule has 0 aromatic rings. The molecule has 3 nitrogen and oxygen atoms in total. The topological polar surface area (TPSA) is 52.3 Å². The van der Waals surface area contributed by atoms with E-state index in [1.807, 2.05) is 22.6 Å². The molecule has 0 aromatic carbocycles. The number of ether oxygens (including phenoxy) is 1. The monoisotopic (exact) mass is 307 g/mol. The van der Waals surface area contributed by atoms with Crippen LogP contribution in [0.4, 0.5) is 4.79 Å². The Hall–Kier alpha value is -0.440. The summed E-state index contributed by atoms with van der Waals surface area (Å²) in [6.45, 7) is 0. The maximum atomic E-state index is 10.8. The molecule has 4 heteroatoms. The zero-order valence-electron chi connectivity index (χ0n) is 8.01. The van der Waals surface area contributed by atoms with Gasteiger partial charge in [-0.15, -0.1) is 0 Å². The van der Waals surface area contributed by atoms with Crippen molar-refractivity contribution in [1.82, 2.24) is 0 Å². The van der Waals surface area contributed by atoms with E-state index in [-0.39, 0.29) is 0 Å². The molecule has 0 heterocycles. The Morgan fingerprint density at radius 3 is 2.57 bits per heavy atom. The van der Waals surface area contributed by atoms with Gasteiger partial charge in [0.25, 0.3) is 0 Å². The van der Waals surface area contributed by atoms with E-state index in [9.17, 15) is 4.79 Å². The van der Waals surface area contributed by atoms with Gasteiger partial charge in [0.2, 0.25) is 0 Å². The highest BCUT2D eigenvalue weighted by atomic mass is 127. The Labute approximate surface area is 97.9 Å². The number of primary amides is 1. The molecule has 1 aliphatic rings. The molecule has 78 valence electrons. The molecule has 1 aliphatic carbocycles. The number of carbonyl (C=O) groups excluding carboxylic acids is 1. The van der Waals surface area contributed by atoms with Crippen molar-refractivity contribution in [1.29, 1.82) is 0 Å².